The minimum absolute atomic E-state index is 0.0908. The fraction of sp³-hybridized carbons (Fsp3) is 0.316. The van der Waals surface area contributed by atoms with Gasteiger partial charge in [-0.2, -0.15) is 0 Å². The number of carbonyl (C=O) groups is 1. The Morgan fingerprint density at radius 3 is 2.44 bits per heavy atom. The van der Waals surface area contributed by atoms with E-state index in [0.29, 0.717) is 22.9 Å². The molecule has 1 N–H and O–H groups in total. The van der Waals surface area contributed by atoms with Crippen molar-refractivity contribution in [1.29, 1.82) is 0 Å². The zero-order valence-corrected chi connectivity index (χ0v) is 16.1. The molecule has 1 aliphatic rings. The molecule has 144 valence electrons. The second-order valence-electron chi connectivity index (χ2n) is 6.04. The van der Waals surface area contributed by atoms with Crippen molar-refractivity contribution < 1.29 is 22.7 Å². The first-order valence-electron chi connectivity index (χ1n) is 8.71. The number of hydrogen-bond donors (Lipinski definition) is 1. The Morgan fingerprint density at radius 2 is 1.78 bits per heavy atom. The third-order valence-electron chi connectivity index (χ3n) is 4.28. The van der Waals surface area contributed by atoms with Gasteiger partial charge in [0, 0.05) is 11.8 Å². The summed E-state index contributed by atoms with van der Waals surface area (Å²) in [6, 6.07) is 12.3. The van der Waals surface area contributed by atoms with E-state index in [9.17, 15) is 13.2 Å². The Hall–Kier alpha value is -2.74. The van der Waals surface area contributed by atoms with Crippen LogP contribution in [-0.4, -0.2) is 33.4 Å². The van der Waals surface area contributed by atoms with Gasteiger partial charge in [0.1, 0.15) is 6.54 Å². The molecule has 1 aliphatic heterocycles. The van der Waals surface area contributed by atoms with Crippen molar-refractivity contribution in [1.82, 2.24) is 0 Å². The van der Waals surface area contributed by atoms with Crippen molar-refractivity contribution in [3.63, 3.8) is 0 Å². The van der Waals surface area contributed by atoms with Crippen LogP contribution in [0.4, 0.5) is 11.4 Å². The number of sulfonamides is 1. The summed E-state index contributed by atoms with van der Waals surface area (Å²) in [5.74, 6) is 0.460. The van der Waals surface area contributed by atoms with Gasteiger partial charge in [0.2, 0.25) is 22.7 Å². The van der Waals surface area contributed by atoms with Crippen LogP contribution >= 0.6 is 0 Å². The van der Waals surface area contributed by atoms with Crippen molar-refractivity contribution in [3.8, 4) is 11.5 Å². The maximum Gasteiger partial charge on any atom is 0.245 e. The van der Waals surface area contributed by atoms with Crippen LogP contribution in [-0.2, 0) is 21.2 Å². The topological polar surface area (TPSA) is 84.9 Å². The van der Waals surface area contributed by atoms with Crippen molar-refractivity contribution in [3.05, 3.63) is 48.0 Å². The third-order valence-corrected chi connectivity index (χ3v) is 6.02. The van der Waals surface area contributed by atoms with Crippen molar-refractivity contribution >= 4 is 27.3 Å². The Balaban J connectivity index is 1.80. The number of rotatable bonds is 7. The fourth-order valence-corrected chi connectivity index (χ4v) is 3.76. The molecule has 27 heavy (non-hydrogen) atoms. The first-order valence-corrected chi connectivity index (χ1v) is 10.3. The van der Waals surface area contributed by atoms with Gasteiger partial charge in [0.15, 0.2) is 11.5 Å². The van der Waals surface area contributed by atoms with Gasteiger partial charge in [-0.25, -0.2) is 8.42 Å². The molecular formula is C19H22N2O5S. The zero-order valence-electron chi connectivity index (χ0n) is 15.3. The van der Waals surface area contributed by atoms with Gasteiger partial charge in [-0.05, 0) is 43.2 Å². The number of fused-ring (bicyclic) bond motifs is 1. The van der Waals surface area contributed by atoms with E-state index in [-0.39, 0.29) is 19.1 Å². The Bertz CT molecular complexity index is 926. The van der Waals surface area contributed by atoms with Crippen LogP contribution in [0.15, 0.2) is 42.5 Å². The molecule has 0 aliphatic carbocycles. The summed E-state index contributed by atoms with van der Waals surface area (Å²) in [5, 5.41) is 2.74. The molecule has 0 bridgehead atoms. The molecule has 2 aromatic carbocycles. The summed E-state index contributed by atoms with van der Waals surface area (Å²) < 4.78 is 36.7. The lowest BCUT2D eigenvalue weighted by molar-refractivity contribution is -0.114. The summed E-state index contributed by atoms with van der Waals surface area (Å²) in [6.07, 6.45) is 0.904. The fourth-order valence-electron chi connectivity index (χ4n) is 2.70. The number of nitrogens with one attached hydrogen (secondary N) is 1. The van der Waals surface area contributed by atoms with Gasteiger partial charge in [0.25, 0.3) is 0 Å². The highest BCUT2D eigenvalue weighted by Gasteiger charge is 2.25. The summed E-state index contributed by atoms with van der Waals surface area (Å²) in [4.78, 5) is 12.5. The van der Waals surface area contributed by atoms with Gasteiger partial charge >= 0.3 is 0 Å². The zero-order chi connectivity index (χ0) is 19.4. The smallest absolute Gasteiger partial charge is 0.245 e. The average molecular weight is 390 g/mol. The van der Waals surface area contributed by atoms with Gasteiger partial charge in [-0.1, -0.05) is 19.1 Å². The lowest BCUT2D eigenvalue weighted by Gasteiger charge is -2.23. The molecule has 0 spiro atoms. The summed E-state index contributed by atoms with van der Waals surface area (Å²) >= 11 is 0. The Morgan fingerprint density at radius 1 is 1.07 bits per heavy atom. The molecule has 1 heterocycles. The normalized spacial score (nSPS) is 12.7. The lowest BCUT2D eigenvalue weighted by Crippen LogP contribution is -2.39. The number of aryl methyl sites for hydroxylation is 1. The molecule has 0 saturated heterocycles. The van der Waals surface area contributed by atoms with E-state index < -0.39 is 15.9 Å². The van der Waals surface area contributed by atoms with Crippen LogP contribution < -0.4 is 19.1 Å². The summed E-state index contributed by atoms with van der Waals surface area (Å²) in [7, 11) is -3.65. The van der Waals surface area contributed by atoms with E-state index in [0.717, 1.165) is 16.3 Å². The average Bonchev–Trinajstić information content (AvgIpc) is 3.14. The van der Waals surface area contributed by atoms with Crippen LogP contribution in [0, 0.1) is 0 Å². The highest BCUT2D eigenvalue weighted by molar-refractivity contribution is 7.92. The molecule has 0 saturated carbocycles. The predicted molar refractivity (Wildman–Crippen MR) is 104 cm³/mol. The van der Waals surface area contributed by atoms with E-state index in [1.807, 2.05) is 19.1 Å². The van der Waals surface area contributed by atoms with Crippen LogP contribution in [0.3, 0.4) is 0 Å². The summed E-state index contributed by atoms with van der Waals surface area (Å²) in [6.45, 7) is 3.35. The predicted octanol–water partition coefficient (Wildman–Crippen LogP) is 2.77. The van der Waals surface area contributed by atoms with Crippen molar-refractivity contribution in [2.75, 3.05) is 28.7 Å². The SMILES string of the molecule is CCc1ccc(NC(=O)CN(c2ccc3c(c2)OCO3)S(=O)(=O)CC)cc1. The molecule has 7 nitrogen and oxygen atoms in total. The minimum Gasteiger partial charge on any atom is -0.454 e. The van der Waals surface area contributed by atoms with Crippen LogP contribution in [0.5, 0.6) is 11.5 Å². The highest BCUT2D eigenvalue weighted by Crippen LogP contribution is 2.36. The van der Waals surface area contributed by atoms with Gasteiger partial charge in [-0.3, -0.25) is 9.10 Å². The number of hydrogen-bond acceptors (Lipinski definition) is 5. The van der Waals surface area contributed by atoms with Gasteiger partial charge in [-0.15, -0.1) is 0 Å². The second-order valence-corrected chi connectivity index (χ2v) is 8.23. The third kappa shape index (κ3) is 4.33. The first-order chi connectivity index (χ1) is 12.9. The molecule has 0 aromatic heterocycles. The Kier molecular flexibility index (Phi) is 5.55. The molecule has 0 unspecified atom stereocenters. The molecule has 2 aromatic rings. The minimum atomic E-state index is -3.65. The highest BCUT2D eigenvalue weighted by atomic mass is 32.2. The van der Waals surface area contributed by atoms with E-state index in [1.165, 1.54) is 6.92 Å². The molecule has 0 radical (unpaired) electrons. The molecule has 3 rings (SSSR count). The number of benzene rings is 2. The number of nitrogens with zero attached hydrogens (tertiary/aromatic N) is 1. The number of ether oxygens (including phenoxy) is 2. The maximum atomic E-state index is 12.5. The second kappa shape index (κ2) is 7.87. The number of amides is 1. The van der Waals surface area contributed by atoms with Crippen LogP contribution in [0.2, 0.25) is 0 Å². The van der Waals surface area contributed by atoms with Crippen LogP contribution in [0.25, 0.3) is 0 Å². The van der Waals surface area contributed by atoms with Crippen LogP contribution in [0.1, 0.15) is 19.4 Å². The van der Waals surface area contributed by atoms with Crippen molar-refractivity contribution in [2.45, 2.75) is 20.3 Å². The quantitative estimate of drug-likeness (QED) is 0.786. The molecule has 1 amide bonds. The lowest BCUT2D eigenvalue weighted by atomic mass is 10.1. The molecule has 8 heteroatoms. The first kappa shape index (κ1) is 19.0. The van der Waals surface area contributed by atoms with E-state index in [4.69, 9.17) is 9.47 Å². The molecular weight excluding hydrogens is 368 g/mol. The van der Waals surface area contributed by atoms with E-state index in [2.05, 4.69) is 5.32 Å². The summed E-state index contributed by atoms with van der Waals surface area (Å²) in [5.41, 5.74) is 2.14. The van der Waals surface area contributed by atoms with Gasteiger partial charge < -0.3 is 14.8 Å². The maximum absolute atomic E-state index is 12.5. The number of carbonyl (C=O) groups excluding carboxylic acids is 1. The Labute approximate surface area is 158 Å². The van der Waals surface area contributed by atoms with E-state index in [1.54, 1.807) is 30.3 Å². The molecule has 0 fully saturated rings. The largest absolute Gasteiger partial charge is 0.454 e. The van der Waals surface area contributed by atoms with Crippen molar-refractivity contribution in [2.24, 2.45) is 0 Å². The van der Waals surface area contributed by atoms with E-state index >= 15 is 0 Å². The van der Waals surface area contributed by atoms with Gasteiger partial charge in [0.05, 0.1) is 11.4 Å². The number of anilines is 2. The monoisotopic (exact) mass is 390 g/mol. The standard InChI is InChI=1S/C19H22N2O5S/c1-3-14-5-7-15(8-6-14)20-19(22)12-21(27(23,24)4-2)16-9-10-17-18(11-16)26-13-25-17/h5-11H,3-4,12-13H2,1-2H3,(H,20,22). The molecule has 0 atom stereocenters.